The number of aliphatic hydroxyl groups excluding tert-OH is 1. The Morgan fingerprint density at radius 2 is 1.89 bits per heavy atom. The number of nitrogens with zero attached hydrogens (tertiary/aromatic N) is 2. The fraction of sp³-hybridized carbons (Fsp3) is 0.435. The van der Waals surface area contributed by atoms with E-state index in [1.165, 1.54) is 27.0 Å². The van der Waals surface area contributed by atoms with E-state index in [2.05, 4.69) is 46.3 Å². The van der Waals surface area contributed by atoms with Gasteiger partial charge in [0.25, 0.3) is 0 Å². The monoisotopic (exact) mass is 392 g/mol. The molecule has 1 aliphatic rings. The number of aromatic nitrogens is 1. The number of rotatable bonds is 6. The van der Waals surface area contributed by atoms with Crippen molar-refractivity contribution in [3.63, 3.8) is 0 Å². The molecule has 2 heterocycles. The molecule has 5 heteroatoms. The molecule has 1 N–H and O–H groups in total. The van der Waals surface area contributed by atoms with E-state index in [9.17, 15) is 9.90 Å². The van der Waals surface area contributed by atoms with Gasteiger partial charge in [-0.2, -0.15) is 0 Å². The molecule has 2 aromatic carbocycles. The minimum Gasteiger partial charge on any atom is -0.392 e. The van der Waals surface area contributed by atoms with Gasteiger partial charge in [-0.25, -0.2) is 0 Å². The number of fused-ring (bicyclic) bond motifs is 3. The van der Waals surface area contributed by atoms with Crippen molar-refractivity contribution in [2.75, 3.05) is 19.6 Å². The summed E-state index contributed by atoms with van der Waals surface area (Å²) in [5.74, 6) is 0.111. The number of hydrogen-bond donors (Lipinski definition) is 1. The molecule has 0 amide bonds. The first-order chi connectivity index (χ1) is 13.6. The zero-order valence-electron chi connectivity index (χ0n) is 16.7. The molecule has 1 aliphatic heterocycles. The van der Waals surface area contributed by atoms with Crippen LogP contribution in [0.3, 0.4) is 0 Å². The molecule has 0 spiro atoms. The molecule has 1 unspecified atom stereocenters. The highest BCUT2D eigenvalue weighted by Crippen LogP contribution is 2.30. The molecule has 2 radical (unpaired) electrons. The Hall–Kier alpha value is -1.95. The van der Waals surface area contributed by atoms with Gasteiger partial charge < -0.3 is 14.6 Å². The average molecular weight is 393 g/mol. The Morgan fingerprint density at radius 3 is 2.61 bits per heavy atom. The van der Waals surface area contributed by atoms with Crippen LogP contribution in [0.15, 0.2) is 36.4 Å². The number of aliphatic hydroxyl groups is 1. The van der Waals surface area contributed by atoms with E-state index in [0.29, 0.717) is 0 Å². The van der Waals surface area contributed by atoms with E-state index < -0.39 is 0 Å². The highest BCUT2D eigenvalue weighted by molar-refractivity contribution is 6.52. The maximum Gasteiger partial charge on any atom is 0.159 e. The van der Waals surface area contributed by atoms with Gasteiger partial charge in [0.05, 0.1) is 15.6 Å². The Bertz CT molecular complexity index is 1010. The lowest BCUT2D eigenvalue weighted by Gasteiger charge is -2.30. The predicted octanol–water partition coefficient (Wildman–Crippen LogP) is 3.22. The number of hydrogen-bond acceptors (Lipinski definition) is 3. The van der Waals surface area contributed by atoms with Crippen LogP contribution < -0.4 is 5.19 Å². The maximum absolute atomic E-state index is 11.9. The second kappa shape index (κ2) is 8.19. The van der Waals surface area contributed by atoms with Crippen LogP contribution in [-0.4, -0.2) is 55.6 Å². The number of aryl methyl sites for hydroxylation is 1. The number of piperidine rings is 1. The van der Waals surface area contributed by atoms with Gasteiger partial charge in [0.1, 0.15) is 0 Å². The Labute approximate surface area is 169 Å². The van der Waals surface area contributed by atoms with Crippen LogP contribution in [0.5, 0.6) is 0 Å². The summed E-state index contributed by atoms with van der Waals surface area (Å²) in [6.07, 6.45) is 2.91. The lowest BCUT2D eigenvalue weighted by Crippen LogP contribution is -2.38. The summed E-state index contributed by atoms with van der Waals surface area (Å²) in [5, 5.41) is 13.7. The first kappa shape index (κ1) is 19.4. The number of carbonyl (C=O) groups is 1. The molecule has 0 saturated carbocycles. The lowest BCUT2D eigenvalue weighted by molar-refractivity contribution is 0.0696. The minimum absolute atomic E-state index is 0.111. The van der Waals surface area contributed by atoms with E-state index in [0.717, 1.165) is 60.5 Å². The molecule has 0 bridgehead atoms. The van der Waals surface area contributed by atoms with Gasteiger partial charge in [0, 0.05) is 40.5 Å². The van der Waals surface area contributed by atoms with Gasteiger partial charge in [-0.15, -0.1) is 0 Å². The number of ketones is 1. The standard InChI is InChI=1S/C23H28N2O2Si/c1-16(26)17-6-8-22-20(13-17)21-14-19(28-2)7-9-23(21)25(22)12-4-11-24-10-3-5-18(27)15-24/h6-9,13-14,18,27H,3-5,10-12,15H2,1-2H3. The van der Waals surface area contributed by atoms with Crippen LogP contribution in [-0.2, 0) is 6.54 Å². The van der Waals surface area contributed by atoms with Crippen molar-refractivity contribution >= 4 is 42.3 Å². The molecular weight excluding hydrogens is 364 g/mol. The summed E-state index contributed by atoms with van der Waals surface area (Å²) in [5.41, 5.74) is 3.23. The van der Waals surface area contributed by atoms with Crippen LogP contribution >= 0.6 is 0 Å². The highest BCUT2D eigenvalue weighted by Gasteiger charge is 2.18. The topological polar surface area (TPSA) is 45.5 Å². The van der Waals surface area contributed by atoms with E-state index in [-0.39, 0.29) is 11.9 Å². The van der Waals surface area contributed by atoms with Crippen molar-refractivity contribution < 1.29 is 9.90 Å². The molecule has 1 aromatic heterocycles. The van der Waals surface area contributed by atoms with Gasteiger partial charge in [-0.05, 0) is 63.5 Å². The quantitative estimate of drug-likeness (QED) is 0.517. The maximum atomic E-state index is 11.9. The van der Waals surface area contributed by atoms with Crippen LogP contribution in [0.4, 0.5) is 0 Å². The molecule has 1 saturated heterocycles. The predicted molar refractivity (Wildman–Crippen MR) is 117 cm³/mol. The molecular formula is C23H28N2O2Si. The van der Waals surface area contributed by atoms with E-state index in [1.807, 2.05) is 6.07 Å². The Balaban J connectivity index is 1.66. The Morgan fingerprint density at radius 1 is 1.14 bits per heavy atom. The van der Waals surface area contributed by atoms with Crippen LogP contribution in [0.1, 0.15) is 36.5 Å². The van der Waals surface area contributed by atoms with Gasteiger partial charge in [0.2, 0.25) is 0 Å². The van der Waals surface area contributed by atoms with Gasteiger partial charge in [-0.1, -0.05) is 23.9 Å². The van der Waals surface area contributed by atoms with Crippen molar-refractivity contribution in [2.45, 2.75) is 45.4 Å². The summed E-state index contributed by atoms with van der Waals surface area (Å²) in [4.78, 5) is 14.3. The van der Waals surface area contributed by atoms with Crippen molar-refractivity contribution in [3.8, 4) is 0 Å². The fourth-order valence-electron chi connectivity index (χ4n) is 4.41. The van der Waals surface area contributed by atoms with E-state index in [4.69, 9.17) is 0 Å². The largest absolute Gasteiger partial charge is 0.392 e. The highest BCUT2D eigenvalue weighted by atomic mass is 28.2. The van der Waals surface area contributed by atoms with Gasteiger partial charge in [0.15, 0.2) is 5.78 Å². The third-order valence-electron chi connectivity index (χ3n) is 5.90. The molecule has 4 rings (SSSR count). The molecule has 28 heavy (non-hydrogen) atoms. The van der Waals surface area contributed by atoms with Crippen LogP contribution in [0.25, 0.3) is 21.8 Å². The van der Waals surface area contributed by atoms with Crippen LogP contribution in [0, 0.1) is 0 Å². The molecule has 1 fully saturated rings. The van der Waals surface area contributed by atoms with Gasteiger partial charge in [-0.3, -0.25) is 4.79 Å². The fourth-order valence-corrected chi connectivity index (χ4v) is 4.94. The second-order valence-electron chi connectivity index (χ2n) is 7.87. The number of likely N-dealkylation sites (tertiary alicyclic amines) is 1. The second-order valence-corrected chi connectivity index (χ2v) is 8.95. The van der Waals surface area contributed by atoms with Crippen molar-refractivity contribution in [1.29, 1.82) is 0 Å². The van der Waals surface area contributed by atoms with Crippen LogP contribution in [0.2, 0.25) is 6.55 Å². The third kappa shape index (κ3) is 3.79. The van der Waals surface area contributed by atoms with Gasteiger partial charge >= 0.3 is 0 Å². The Kier molecular flexibility index (Phi) is 5.67. The summed E-state index contributed by atoms with van der Waals surface area (Å²) < 4.78 is 2.40. The summed E-state index contributed by atoms with van der Waals surface area (Å²) in [7, 11) is 0.761. The van der Waals surface area contributed by atoms with Crippen molar-refractivity contribution in [1.82, 2.24) is 9.47 Å². The van der Waals surface area contributed by atoms with Crippen molar-refractivity contribution in [2.24, 2.45) is 0 Å². The smallest absolute Gasteiger partial charge is 0.159 e. The molecule has 146 valence electrons. The number of Topliss-reactive ketones (excluding diaryl/α,β-unsaturated/α-hetero) is 1. The summed E-state index contributed by atoms with van der Waals surface area (Å²) in [6, 6.07) is 12.9. The lowest BCUT2D eigenvalue weighted by atomic mass is 10.1. The third-order valence-corrected chi connectivity index (χ3v) is 6.79. The van der Waals surface area contributed by atoms with E-state index >= 15 is 0 Å². The molecule has 0 aliphatic carbocycles. The molecule has 4 nitrogen and oxygen atoms in total. The first-order valence-corrected chi connectivity index (χ1v) is 11.7. The molecule has 1 atom stereocenters. The number of β-amino-alcohol motifs (C(OH)–C–C–N with tert-alkyl or cyclic N) is 1. The summed E-state index contributed by atoms with van der Waals surface area (Å²) >= 11 is 0. The molecule has 3 aromatic rings. The first-order valence-electron chi connectivity index (χ1n) is 10.2. The zero-order valence-corrected chi connectivity index (χ0v) is 17.7. The number of carbonyl (C=O) groups excluding carboxylic acids is 1. The number of benzene rings is 2. The average Bonchev–Trinajstić information content (AvgIpc) is 3.00. The van der Waals surface area contributed by atoms with Crippen molar-refractivity contribution in [3.05, 3.63) is 42.0 Å². The summed E-state index contributed by atoms with van der Waals surface area (Å²) in [6.45, 7) is 7.68. The zero-order chi connectivity index (χ0) is 19.7. The minimum atomic E-state index is -0.166. The SMILES string of the molecule is C[Si]c1ccc2c(c1)c1cc(C(C)=O)ccc1n2CCCN1CCCC(O)C1. The normalized spacial score (nSPS) is 18.2. The van der Waals surface area contributed by atoms with E-state index in [1.54, 1.807) is 6.92 Å².